The molecule has 0 aliphatic heterocycles. The fraction of sp³-hybridized carbons (Fsp3) is 0.609. The van der Waals surface area contributed by atoms with E-state index in [0.717, 1.165) is 17.7 Å². The molecule has 0 atom stereocenters. The lowest BCUT2D eigenvalue weighted by molar-refractivity contribution is -0.129. The standard InChI is InChI=1S/C23H35N3O3S/c1-5-26(15-21(27)24-17(2)3)23(29)19-13-9-10-14-20(19)30-16-22(28)25(4)18-11-7-6-8-12-18/h9-10,13-14,17-18H,5-8,11-12,15-16H2,1-4H3,(H,24,27). The van der Waals surface area contributed by atoms with Crippen molar-refractivity contribution < 1.29 is 14.4 Å². The van der Waals surface area contributed by atoms with E-state index in [1.165, 1.54) is 35.9 Å². The van der Waals surface area contributed by atoms with Gasteiger partial charge in [0.1, 0.15) is 0 Å². The first-order valence-corrected chi connectivity index (χ1v) is 11.9. The van der Waals surface area contributed by atoms with Crippen molar-refractivity contribution in [2.45, 2.75) is 69.9 Å². The summed E-state index contributed by atoms with van der Waals surface area (Å²) in [5.41, 5.74) is 0.537. The average molecular weight is 434 g/mol. The minimum absolute atomic E-state index is 0.0237. The molecule has 0 aromatic heterocycles. The molecule has 0 bridgehead atoms. The van der Waals surface area contributed by atoms with E-state index in [1.807, 2.05) is 50.9 Å². The van der Waals surface area contributed by atoms with Crippen LogP contribution in [0.4, 0.5) is 0 Å². The highest BCUT2D eigenvalue weighted by Crippen LogP contribution is 2.26. The molecule has 1 fully saturated rings. The summed E-state index contributed by atoms with van der Waals surface area (Å²) in [6.07, 6.45) is 5.78. The third-order valence-electron chi connectivity index (χ3n) is 5.44. The van der Waals surface area contributed by atoms with Crippen LogP contribution in [-0.2, 0) is 9.59 Å². The third-order valence-corrected chi connectivity index (χ3v) is 6.50. The molecular formula is C23H35N3O3S. The van der Waals surface area contributed by atoms with Crippen LogP contribution in [0.5, 0.6) is 0 Å². The second-order valence-electron chi connectivity index (χ2n) is 8.12. The van der Waals surface area contributed by atoms with Gasteiger partial charge >= 0.3 is 0 Å². The largest absolute Gasteiger partial charge is 0.352 e. The average Bonchev–Trinajstić information content (AvgIpc) is 2.75. The van der Waals surface area contributed by atoms with Crippen molar-refractivity contribution in [1.82, 2.24) is 15.1 Å². The molecule has 0 saturated heterocycles. The van der Waals surface area contributed by atoms with Crippen LogP contribution in [0.2, 0.25) is 0 Å². The van der Waals surface area contributed by atoms with Gasteiger partial charge in [0, 0.05) is 30.6 Å². The molecule has 3 amide bonds. The van der Waals surface area contributed by atoms with E-state index in [-0.39, 0.29) is 30.3 Å². The Morgan fingerprint density at radius 2 is 1.80 bits per heavy atom. The third kappa shape index (κ3) is 7.04. The Kier molecular flexibility index (Phi) is 9.69. The number of carbonyl (C=O) groups excluding carboxylic acids is 3. The van der Waals surface area contributed by atoms with Crippen LogP contribution in [0, 0.1) is 0 Å². The van der Waals surface area contributed by atoms with E-state index < -0.39 is 0 Å². The van der Waals surface area contributed by atoms with Gasteiger partial charge in [-0.05, 0) is 45.7 Å². The molecule has 30 heavy (non-hydrogen) atoms. The predicted molar refractivity (Wildman–Crippen MR) is 122 cm³/mol. The van der Waals surface area contributed by atoms with Crippen molar-refractivity contribution in [2.75, 3.05) is 25.9 Å². The van der Waals surface area contributed by atoms with E-state index in [4.69, 9.17) is 0 Å². The summed E-state index contributed by atoms with van der Waals surface area (Å²) in [5, 5.41) is 2.82. The summed E-state index contributed by atoms with van der Waals surface area (Å²) in [4.78, 5) is 42.1. The smallest absolute Gasteiger partial charge is 0.255 e. The van der Waals surface area contributed by atoms with Gasteiger partial charge in [-0.3, -0.25) is 14.4 Å². The van der Waals surface area contributed by atoms with Crippen LogP contribution in [0.1, 0.15) is 63.2 Å². The summed E-state index contributed by atoms with van der Waals surface area (Å²) >= 11 is 1.39. The molecule has 0 spiro atoms. The zero-order valence-electron chi connectivity index (χ0n) is 18.6. The van der Waals surface area contributed by atoms with Crippen molar-refractivity contribution in [2.24, 2.45) is 0 Å². The van der Waals surface area contributed by atoms with Gasteiger partial charge in [-0.1, -0.05) is 31.4 Å². The van der Waals surface area contributed by atoms with Gasteiger partial charge in [0.25, 0.3) is 5.91 Å². The number of carbonyl (C=O) groups is 3. The molecule has 1 aliphatic carbocycles. The number of likely N-dealkylation sites (N-methyl/N-ethyl adjacent to an activating group) is 1. The molecule has 1 aliphatic rings. The summed E-state index contributed by atoms with van der Waals surface area (Å²) in [6, 6.07) is 7.68. The van der Waals surface area contributed by atoms with Gasteiger partial charge in [0.2, 0.25) is 11.8 Å². The van der Waals surface area contributed by atoms with Crippen molar-refractivity contribution in [1.29, 1.82) is 0 Å². The van der Waals surface area contributed by atoms with Crippen LogP contribution >= 0.6 is 11.8 Å². The molecule has 1 saturated carbocycles. The molecule has 2 rings (SSSR count). The molecule has 0 radical (unpaired) electrons. The highest BCUT2D eigenvalue weighted by molar-refractivity contribution is 8.00. The zero-order valence-corrected chi connectivity index (χ0v) is 19.5. The Morgan fingerprint density at radius 3 is 2.43 bits per heavy atom. The van der Waals surface area contributed by atoms with Crippen LogP contribution in [0.25, 0.3) is 0 Å². The van der Waals surface area contributed by atoms with E-state index in [2.05, 4.69) is 5.32 Å². The minimum atomic E-state index is -0.187. The SMILES string of the molecule is CCN(CC(=O)NC(C)C)C(=O)c1ccccc1SCC(=O)N(C)C1CCCCC1. The van der Waals surface area contributed by atoms with Crippen molar-refractivity contribution in [3.8, 4) is 0 Å². The normalized spacial score (nSPS) is 14.4. The van der Waals surface area contributed by atoms with Crippen LogP contribution in [0.3, 0.4) is 0 Å². The number of hydrogen-bond donors (Lipinski definition) is 1. The number of amides is 3. The minimum Gasteiger partial charge on any atom is -0.352 e. The van der Waals surface area contributed by atoms with Gasteiger partial charge in [0.05, 0.1) is 17.9 Å². The number of rotatable bonds is 9. The predicted octanol–water partition coefficient (Wildman–Crippen LogP) is 3.56. The van der Waals surface area contributed by atoms with E-state index in [1.54, 1.807) is 6.07 Å². The Hall–Kier alpha value is -2.02. The molecule has 0 heterocycles. The molecule has 7 heteroatoms. The van der Waals surface area contributed by atoms with Crippen molar-refractivity contribution >= 4 is 29.5 Å². The quantitative estimate of drug-likeness (QED) is 0.605. The second kappa shape index (κ2) is 12.0. The number of benzene rings is 1. The topological polar surface area (TPSA) is 69.7 Å². The fourth-order valence-corrected chi connectivity index (χ4v) is 4.69. The molecule has 166 valence electrons. The van der Waals surface area contributed by atoms with Crippen molar-refractivity contribution in [3.63, 3.8) is 0 Å². The van der Waals surface area contributed by atoms with Gasteiger partial charge in [-0.2, -0.15) is 0 Å². The summed E-state index contributed by atoms with van der Waals surface area (Å²) in [5.74, 6) is 0.0390. The number of nitrogens with zero attached hydrogens (tertiary/aromatic N) is 2. The number of nitrogens with one attached hydrogen (secondary N) is 1. The highest BCUT2D eigenvalue weighted by Gasteiger charge is 2.24. The zero-order chi connectivity index (χ0) is 22.1. The maximum Gasteiger partial charge on any atom is 0.255 e. The molecule has 1 aromatic carbocycles. The van der Waals surface area contributed by atoms with Gasteiger partial charge in [-0.15, -0.1) is 11.8 Å². The Morgan fingerprint density at radius 1 is 1.13 bits per heavy atom. The molecule has 6 nitrogen and oxygen atoms in total. The first-order valence-electron chi connectivity index (χ1n) is 10.9. The Bertz CT molecular complexity index is 732. The summed E-state index contributed by atoms with van der Waals surface area (Å²) in [6.45, 7) is 6.11. The lowest BCUT2D eigenvalue weighted by Gasteiger charge is -2.31. The Balaban J connectivity index is 2.02. The summed E-state index contributed by atoms with van der Waals surface area (Å²) in [7, 11) is 1.89. The summed E-state index contributed by atoms with van der Waals surface area (Å²) < 4.78 is 0. The second-order valence-corrected chi connectivity index (χ2v) is 9.14. The number of thioether (sulfide) groups is 1. The molecule has 0 unspecified atom stereocenters. The lowest BCUT2D eigenvalue weighted by atomic mass is 9.94. The van der Waals surface area contributed by atoms with Crippen LogP contribution < -0.4 is 5.32 Å². The molecule has 1 aromatic rings. The van der Waals surface area contributed by atoms with E-state index in [0.29, 0.717) is 23.9 Å². The monoisotopic (exact) mass is 433 g/mol. The van der Waals surface area contributed by atoms with E-state index >= 15 is 0 Å². The van der Waals surface area contributed by atoms with Crippen LogP contribution in [0.15, 0.2) is 29.2 Å². The number of hydrogen-bond acceptors (Lipinski definition) is 4. The Labute approximate surface area is 184 Å². The van der Waals surface area contributed by atoms with Crippen molar-refractivity contribution in [3.05, 3.63) is 29.8 Å². The van der Waals surface area contributed by atoms with Gasteiger partial charge in [0.15, 0.2) is 0 Å². The first-order chi connectivity index (χ1) is 14.3. The van der Waals surface area contributed by atoms with E-state index in [9.17, 15) is 14.4 Å². The van der Waals surface area contributed by atoms with Crippen LogP contribution in [-0.4, -0.2) is 65.5 Å². The lowest BCUT2D eigenvalue weighted by Crippen LogP contribution is -2.42. The van der Waals surface area contributed by atoms with Gasteiger partial charge in [-0.25, -0.2) is 0 Å². The first kappa shape index (κ1) is 24.3. The highest BCUT2D eigenvalue weighted by atomic mass is 32.2. The maximum atomic E-state index is 13.1. The fourth-order valence-electron chi connectivity index (χ4n) is 3.72. The maximum absolute atomic E-state index is 13.1. The van der Waals surface area contributed by atoms with Gasteiger partial charge < -0.3 is 15.1 Å². The molecular weight excluding hydrogens is 398 g/mol. The molecule has 1 N–H and O–H groups in total.